The van der Waals surface area contributed by atoms with Crippen LogP contribution in [0.1, 0.15) is 69.3 Å². The molecule has 1 aliphatic carbocycles. The van der Waals surface area contributed by atoms with Crippen molar-refractivity contribution in [1.82, 2.24) is 9.88 Å². The third kappa shape index (κ3) is 6.18. The highest BCUT2D eigenvalue weighted by Gasteiger charge is 2.25. The maximum atomic E-state index is 14.8. The molecular formula is C26H30F2N2O5. The van der Waals surface area contributed by atoms with Crippen LogP contribution >= 0.6 is 0 Å². The van der Waals surface area contributed by atoms with E-state index in [1.54, 1.807) is 27.7 Å². The number of fused-ring (bicyclic) bond motifs is 1. The summed E-state index contributed by atoms with van der Waals surface area (Å²) in [6.07, 6.45) is 3.35. The lowest BCUT2D eigenvalue weighted by Crippen LogP contribution is -2.40. The Balaban J connectivity index is 1.87. The van der Waals surface area contributed by atoms with Gasteiger partial charge in [0.15, 0.2) is 5.82 Å². The number of halogens is 2. The van der Waals surface area contributed by atoms with Crippen molar-refractivity contribution in [3.8, 4) is 11.8 Å². The average Bonchev–Trinajstić information content (AvgIpc) is 2.75. The van der Waals surface area contributed by atoms with E-state index in [0.717, 1.165) is 0 Å². The van der Waals surface area contributed by atoms with Gasteiger partial charge in [-0.2, -0.15) is 0 Å². The zero-order chi connectivity index (χ0) is 25.9. The van der Waals surface area contributed by atoms with E-state index in [4.69, 9.17) is 9.47 Å². The van der Waals surface area contributed by atoms with Gasteiger partial charge in [-0.3, -0.25) is 4.79 Å². The molecule has 0 saturated heterocycles. The molecule has 1 saturated carbocycles. The van der Waals surface area contributed by atoms with E-state index in [2.05, 4.69) is 17.2 Å². The predicted octanol–water partition coefficient (Wildman–Crippen LogP) is 4.43. The number of aryl methyl sites for hydroxylation is 1. The third-order valence-corrected chi connectivity index (χ3v) is 5.70. The number of benzene rings is 1. The second-order valence-electron chi connectivity index (χ2n) is 9.61. The number of hydrogen-bond acceptors (Lipinski definition) is 5. The molecule has 0 aliphatic heterocycles. The van der Waals surface area contributed by atoms with E-state index >= 15 is 0 Å². The summed E-state index contributed by atoms with van der Waals surface area (Å²) in [7, 11) is 1.46. The molecule has 0 atom stereocenters. The van der Waals surface area contributed by atoms with Crippen LogP contribution in [-0.2, 0) is 16.5 Å². The number of amides is 1. The summed E-state index contributed by atoms with van der Waals surface area (Å²) in [5.74, 6) is 2.88. The van der Waals surface area contributed by atoms with Crippen molar-refractivity contribution >= 4 is 23.0 Å². The number of aromatic nitrogens is 1. The van der Waals surface area contributed by atoms with Gasteiger partial charge >= 0.3 is 12.1 Å². The van der Waals surface area contributed by atoms with Gasteiger partial charge in [-0.1, -0.05) is 11.8 Å². The molecule has 3 rings (SSSR count). The van der Waals surface area contributed by atoms with E-state index in [9.17, 15) is 23.2 Å². The molecule has 0 radical (unpaired) electrons. The summed E-state index contributed by atoms with van der Waals surface area (Å²) < 4.78 is 40.8. The maximum absolute atomic E-state index is 14.8. The number of carbonyl (C=O) groups excluding carboxylic acids is 2. The quantitative estimate of drug-likeness (QED) is 0.510. The molecule has 2 aromatic rings. The zero-order valence-corrected chi connectivity index (χ0v) is 20.6. The first-order chi connectivity index (χ1) is 16.4. The van der Waals surface area contributed by atoms with Crippen molar-refractivity contribution in [1.29, 1.82) is 0 Å². The van der Waals surface area contributed by atoms with E-state index < -0.39 is 34.7 Å². The highest BCUT2D eigenvalue weighted by atomic mass is 19.1. The number of nitrogens with one attached hydrogen (secondary N) is 1. The van der Waals surface area contributed by atoms with Crippen molar-refractivity contribution in [3.63, 3.8) is 0 Å². The number of nitrogens with zero attached hydrogens (tertiary/aromatic N) is 1. The highest BCUT2D eigenvalue weighted by molar-refractivity contribution is 5.95. The molecule has 1 N–H and O–H groups in total. The lowest BCUT2D eigenvalue weighted by molar-refractivity contribution is 0.0487. The Hall–Kier alpha value is -3.41. The van der Waals surface area contributed by atoms with Crippen molar-refractivity contribution < 1.29 is 27.8 Å². The van der Waals surface area contributed by atoms with Crippen molar-refractivity contribution in [3.05, 3.63) is 45.2 Å². The van der Waals surface area contributed by atoms with Gasteiger partial charge in [-0.25, -0.2) is 18.4 Å². The number of hydrogen-bond donors (Lipinski definition) is 1. The molecule has 1 aromatic carbocycles. The molecule has 1 amide bonds. The van der Waals surface area contributed by atoms with Crippen molar-refractivity contribution in [2.45, 2.75) is 65.0 Å². The monoisotopic (exact) mass is 488 g/mol. The number of carbonyl (C=O) groups is 2. The van der Waals surface area contributed by atoms with Gasteiger partial charge in [0, 0.05) is 31.3 Å². The molecular weight excluding hydrogens is 458 g/mol. The van der Waals surface area contributed by atoms with Gasteiger partial charge in [0.1, 0.15) is 17.0 Å². The summed E-state index contributed by atoms with van der Waals surface area (Å²) in [4.78, 5) is 37.3. The molecule has 1 fully saturated rings. The van der Waals surface area contributed by atoms with Crippen LogP contribution in [0.3, 0.4) is 0 Å². The Bertz CT molecular complexity index is 1260. The Morgan fingerprint density at radius 3 is 2.43 bits per heavy atom. The van der Waals surface area contributed by atoms with Crippen LogP contribution in [0.4, 0.5) is 13.6 Å². The summed E-state index contributed by atoms with van der Waals surface area (Å²) in [5.41, 5.74) is -2.12. The van der Waals surface area contributed by atoms with E-state index in [0.29, 0.717) is 31.7 Å². The fraction of sp³-hybridized carbons (Fsp3) is 0.500. The number of esters is 1. The van der Waals surface area contributed by atoms with E-state index in [1.807, 2.05) is 0 Å². The number of ether oxygens (including phenoxy) is 2. The fourth-order valence-electron chi connectivity index (χ4n) is 4.13. The van der Waals surface area contributed by atoms with Gasteiger partial charge in [-0.15, -0.1) is 0 Å². The van der Waals surface area contributed by atoms with Gasteiger partial charge in [-0.05, 0) is 53.4 Å². The SMILES string of the molecule is CCOC(=O)c1cn(C)c2c(F)cc(F)c(C#C[C@H]3CC[C@H](NC(=O)OC(C)(C)C)CC3)c2c1=O. The van der Waals surface area contributed by atoms with Crippen LogP contribution < -0.4 is 10.7 Å². The van der Waals surface area contributed by atoms with Crippen LogP contribution in [0.25, 0.3) is 10.9 Å². The van der Waals surface area contributed by atoms with E-state index in [1.165, 1.54) is 17.8 Å². The largest absolute Gasteiger partial charge is 0.462 e. The highest BCUT2D eigenvalue weighted by Crippen LogP contribution is 2.26. The van der Waals surface area contributed by atoms with Crippen LogP contribution in [0.15, 0.2) is 17.1 Å². The summed E-state index contributed by atoms with van der Waals surface area (Å²) in [5, 5.41) is 2.56. The van der Waals surface area contributed by atoms with Crippen LogP contribution in [0.2, 0.25) is 0 Å². The Labute approximate surface area is 202 Å². The zero-order valence-electron chi connectivity index (χ0n) is 20.6. The minimum atomic E-state index is -0.971. The second kappa shape index (κ2) is 10.5. The molecule has 35 heavy (non-hydrogen) atoms. The van der Waals surface area contributed by atoms with Crippen molar-refractivity contribution in [2.75, 3.05) is 6.61 Å². The Kier molecular flexibility index (Phi) is 7.83. The predicted molar refractivity (Wildman–Crippen MR) is 127 cm³/mol. The molecule has 188 valence electrons. The lowest BCUT2D eigenvalue weighted by atomic mass is 9.86. The average molecular weight is 489 g/mol. The third-order valence-electron chi connectivity index (χ3n) is 5.70. The Morgan fingerprint density at radius 2 is 1.83 bits per heavy atom. The van der Waals surface area contributed by atoms with Crippen LogP contribution in [0.5, 0.6) is 0 Å². The minimum Gasteiger partial charge on any atom is -0.462 e. The first kappa shape index (κ1) is 26.2. The van der Waals surface area contributed by atoms with Crippen LogP contribution in [0, 0.1) is 29.4 Å². The standard InChI is InChI=1S/C26H30F2N2O5/c1-6-34-24(32)18-14-30(5)22-20(28)13-19(27)17(21(22)23(18)31)12-9-15-7-10-16(11-8-15)29-25(33)35-26(2,3)4/h13-16H,6-8,10-11H2,1-5H3,(H,29,33)/t15-,16-. The topological polar surface area (TPSA) is 86.6 Å². The van der Waals surface area contributed by atoms with Gasteiger partial charge < -0.3 is 19.4 Å². The van der Waals surface area contributed by atoms with Gasteiger partial charge in [0.2, 0.25) is 5.43 Å². The number of pyridine rings is 1. The maximum Gasteiger partial charge on any atom is 0.407 e. The molecule has 9 heteroatoms. The molecule has 1 aliphatic rings. The van der Waals surface area contributed by atoms with Gasteiger partial charge in [0.25, 0.3) is 0 Å². The van der Waals surface area contributed by atoms with Crippen LogP contribution in [-0.4, -0.2) is 34.9 Å². The van der Waals surface area contributed by atoms with Gasteiger partial charge in [0.05, 0.1) is 23.1 Å². The minimum absolute atomic E-state index is 0.0503. The molecule has 1 heterocycles. The number of alkyl carbamates (subject to hydrolysis) is 1. The fourth-order valence-corrected chi connectivity index (χ4v) is 4.13. The molecule has 1 aromatic heterocycles. The lowest BCUT2D eigenvalue weighted by Gasteiger charge is -2.28. The molecule has 0 spiro atoms. The van der Waals surface area contributed by atoms with E-state index in [-0.39, 0.29) is 40.6 Å². The van der Waals surface area contributed by atoms with Crippen molar-refractivity contribution in [2.24, 2.45) is 13.0 Å². The summed E-state index contributed by atoms with van der Waals surface area (Å²) in [6.45, 7) is 7.02. The first-order valence-corrected chi connectivity index (χ1v) is 11.6. The molecule has 7 nitrogen and oxygen atoms in total. The summed E-state index contributed by atoms with van der Waals surface area (Å²) in [6, 6.07) is 0.642. The second-order valence-corrected chi connectivity index (χ2v) is 9.61. The Morgan fingerprint density at radius 1 is 1.17 bits per heavy atom. The smallest absolute Gasteiger partial charge is 0.407 e. The molecule has 0 bridgehead atoms. The number of rotatable bonds is 3. The molecule has 0 unspecified atom stereocenters. The normalized spacial score (nSPS) is 17.9. The first-order valence-electron chi connectivity index (χ1n) is 11.6. The summed E-state index contributed by atoms with van der Waals surface area (Å²) >= 11 is 0.